The van der Waals surface area contributed by atoms with Gasteiger partial charge in [-0.2, -0.15) is 0 Å². The first kappa shape index (κ1) is 18.2. The van der Waals surface area contributed by atoms with Gasteiger partial charge in [-0.3, -0.25) is 4.79 Å². The Kier molecular flexibility index (Phi) is 10.2. The first-order chi connectivity index (χ1) is 10.3. The van der Waals surface area contributed by atoms with Crippen molar-refractivity contribution in [3.05, 3.63) is 11.8 Å². The van der Waals surface area contributed by atoms with E-state index in [0.29, 0.717) is 6.42 Å². The van der Waals surface area contributed by atoms with Crippen LogP contribution in [0.15, 0.2) is 11.8 Å². The fraction of sp³-hybridized carbons (Fsp3) is 0.833. The van der Waals surface area contributed by atoms with E-state index in [1.165, 1.54) is 57.8 Å². The van der Waals surface area contributed by atoms with Gasteiger partial charge < -0.3 is 10.4 Å². The number of rotatable bonds is 12. The first-order valence-electron chi connectivity index (χ1n) is 8.90. The smallest absolute Gasteiger partial charge is 0.167 e. The Morgan fingerprint density at radius 1 is 1.05 bits per heavy atom. The van der Waals surface area contributed by atoms with E-state index < -0.39 is 6.10 Å². The Bertz CT molecular complexity index is 312. The minimum absolute atomic E-state index is 0.0527. The summed E-state index contributed by atoms with van der Waals surface area (Å²) in [6, 6.07) is 0. The zero-order valence-corrected chi connectivity index (χ0v) is 13.7. The average Bonchev–Trinajstić information content (AvgIpc) is 2.49. The van der Waals surface area contributed by atoms with Crippen LogP contribution in [0.5, 0.6) is 0 Å². The molecule has 3 nitrogen and oxygen atoms in total. The molecule has 0 bridgehead atoms. The fourth-order valence-electron chi connectivity index (χ4n) is 2.81. The van der Waals surface area contributed by atoms with E-state index in [2.05, 4.69) is 12.2 Å². The molecule has 122 valence electrons. The van der Waals surface area contributed by atoms with Gasteiger partial charge in [-0.1, -0.05) is 70.8 Å². The molecule has 1 aliphatic rings. The van der Waals surface area contributed by atoms with E-state index >= 15 is 0 Å². The van der Waals surface area contributed by atoms with E-state index in [1.54, 1.807) is 0 Å². The van der Waals surface area contributed by atoms with Crippen LogP contribution in [-0.4, -0.2) is 23.5 Å². The monoisotopic (exact) mass is 295 g/mol. The van der Waals surface area contributed by atoms with Gasteiger partial charge in [0.05, 0.1) is 0 Å². The van der Waals surface area contributed by atoms with Crippen LogP contribution >= 0.6 is 0 Å². The van der Waals surface area contributed by atoms with E-state index in [0.717, 1.165) is 25.1 Å². The molecule has 0 saturated carbocycles. The molecule has 0 aromatic rings. The lowest BCUT2D eigenvalue weighted by atomic mass is 10.00. The van der Waals surface area contributed by atoms with Crippen LogP contribution in [0.4, 0.5) is 0 Å². The van der Waals surface area contributed by atoms with E-state index in [-0.39, 0.29) is 5.78 Å². The molecule has 0 radical (unpaired) electrons. The van der Waals surface area contributed by atoms with Gasteiger partial charge in [-0.15, -0.1) is 0 Å². The molecule has 3 heteroatoms. The summed E-state index contributed by atoms with van der Waals surface area (Å²) < 4.78 is 0. The molecule has 0 amide bonds. The maximum absolute atomic E-state index is 11.4. The number of aliphatic hydroxyl groups is 1. The van der Waals surface area contributed by atoms with Gasteiger partial charge in [0.15, 0.2) is 11.9 Å². The van der Waals surface area contributed by atoms with Crippen LogP contribution in [0.2, 0.25) is 0 Å². The number of carbonyl (C=O) groups excluding carboxylic acids is 1. The Hall–Kier alpha value is -0.830. The van der Waals surface area contributed by atoms with Gasteiger partial charge in [0.1, 0.15) is 0 Å². The summed E-state index contributed by atoms with van der Waals surface area (Å²) in [5, 5.41) is 12.9. The summed E-state index contributed by atoms with van der Waals surface area (Å²) in [6.07, 6.45) is 15.6. The fourth-order valence-corrected chi connectivity index (χ4v) is 2.81. The van der Waals surface area contributed by atoms with Gasteiger partial charge >= 0.3 is 0 Å². The highest BCUT2D eigenvalue weighted by Crippen LogP contribution is 2.14. The quantitative estimate of drug-likeness (QED) is 0.533. The lowest BCUT2D eigenvalue weighted by molar-refractivity contribution is -0.126. The van der Waals surface area contributed by atoms with Gasteiger partial charge in [0, 0.05) is 18.7 Å². The molecule has 1 unspecified atom stereocenters. The molecular weight excluding hydrogens is 262 g/mol. The summed E-state index contributed by atoms with van der Waals surface area (Å²) >= 11 is 0. The van der Waals surface area contributed by atoms with Crippen molar-refractivity contribution in [2.75, 3.05) is 6.54 Å². The predicted octanol–water partition coefficient (Wildman–Crippen LogP) is 4.10. The summed E-state index contributed by atoms with van der Waals surface area (Å²) in [5.41, 5.74) is 0.724. The van der Waals surface area contributed by atoms with Gasteiger partial charge in [0.2, 0.25) is 0 Å². The maximum atomic E-state index is 11.4. The molecule has 0 saturated heterocycles. The second-order valence-electron chi connectivity index (χ2n) is 6.18. The summed E-state index contributed by atoms with van der Waals surface area (Å²) in [5.74, 6) is -0.0527. The summed E-state index contributed by atoms with van der Waals surface area (Å²) in [4.78, 5) is 11.4. The second kappa shape index (κ2) is 11.8. The number of hydrogen-bond acceptors (Lipinski definition) is 3. The van der Waals surface area contributed by atoms with E-state index in [1.807, 2.05) is 6.08 Å². The summed E-state index contributed by atoms with van der Waals surface area (Å²) in [7, 11) is 0. The Labute approximate surface area is 130 Å². The van der Waals surface area contributed by atoms with Crippen molar-refractivity contribution in [3.8, 4) is 0 Å². The van der Waals surface area contributed by atoms with Crippen LogP contribution in [0, 0.1) is 0 Å². The van der Waals surface area contributed by atoms with Gasteiger partial charge in [-0.25, -0.2) is 0 Å². The van der Waals surface area contributed by atoms with Crippen molar-refractivity contribution < 1.29 is 9.90 Å². The molecule has 1 rings (SSSR count). The summed E-state index contributed by atoms with van der Waals surface area (Å²) in [6.45, 7) is 3.12. The highest BCUT2D eigenvalue weighted by Gasteiger charge is 2.22. The van der Waals surface area contributed by atoms with Crippen molar-refractivity contribution in [2.45, 2.75) is 90.1 Å². The van der Waals surface area contributed by atoms with Crippen molar-refractivity contribution in [1.29, 1.82) is 0 Å². The van der Waals surface area contributed by atoms with E-state index in [9.17, 15) is 9.90 Å². The SMILES string of the molecule is CCCCCCCCCCCCNC1=CCCC(=O)C1O. The second-order valence-corrected chi connectivity index (χ2v) is 6.18. The lowest BCUT2D eigenvalue weighted by Gasteiger charge is -2.19. The van der Waals surface area contributed by atoms with Crippen LogP contribution in [0.1, 0.15) is 84.0 Å². The highest BCUT2D eigenvalue weighted by molar-refractivity contribution is 5.86. The molecule has 0 aromatic carbocycles. The largest absolute Gasteiger partial charge is 0.386 e. The Morgan fingerprint density at radius 3 is 2.24 bits per heavy atom. The van der Waals surface area contributed by atoms with Crippen LogP contribution in [0.25, 0.3) is 0 Å². The number of carbonyl (C=O) groups is 1. The molecule has 0 heterocycles. The van der Waals surface area contributed by atoms with Crippen LogP contribution in [-0.2, 0) is 4.79 Å². The number of ketones is 1. The number of hydrogen-bond donors (Lipinski definition) is 2. The highest BCUT2D eigenvalue weighted by atomic mass is 16.3. The number of allylic oxidation sites excluding steroid dienone is 1. The van der Waals surface area contributed by atoms with Crippen molar-refractivity contribution >= 4 is 5.78 Å². The molecule has 1 aliphatic carbocycles. The number of nitrogens with one attached hydrogen (secondary N) is 1. The van der Waals surface area contributed by atoms with E-state index in [4.69, 9.17) is 0 Å². The third kappa shape index (κ3) is 8.25. The van der Waals surface area contributed by atoms with Crippen molar-refractivity contribution in [3.63, 3.8) is 0 Å². The molecular formula is C18H33NO2. The van der Waals surface area contributed by atoms with Crippen molar-refractivity contribution in [1.82, 2.24) is 5.32 Å². The molecule has 0 aromatic heterocycles. The standard InChI is InChI=1S/C18H33NO2/c1-2-3-4-5-6-7-8-9-10-11-15-19-16-13-12-14-17(20)18(16)21/h13,18-19,21H,2-12,14-15H2,1H3. The van der Waals surface area contributed by atoms with Crippen LogP contribution in [0.3, 0.4) is 0 Å². The molecule has 21 heavy (non-hydrogen) atoms. The molecule has 0 fully saturated rings. The topological polar surface area (TPSA) is 49.3 Å². The number of Topliss-reactive ketones (excluding diaryl/α,β-unsaturated/α-hetero) is 1. The lowest BCUT2D eigenvalue weighted by Crippen LogP contribution is -2.33. The Morgan fingerprint density at radius 2 is 1.62 bits per heavy atom. The van der Waals surface area contributed by atoms with Gasteiger partial charge in [0.25, 0.3) is 0 Å². The third-order valence-electron chi connectivity index (χ3n) is 4.21. The Balaban J connectivity index is 1.89. The zero-order chi connectivity index (χ0) is 15.3. The normalized spacial score (nSPS) is 18.7. The molecule has 0 aliphatic heterocycles. The third-order valence-corrected chi connectivity index (χ3v) is 4.21. The number of aliphatic hydroxyl groups excluding tert-OH is 1. The minimum Gasteiger partial charge on any atom is -0.386 e. The minimum atomic E-state index is -0.901. The van der Waals surface area contributed by atoms with Crippen molar-refractivity contribution in [2.24, 2.45) is 0 Å². The first-order valence-corrected chi connectivity index (χ1v) is 8.90. The van der Waals surface area contributed by atoms with Crippen LogP contribution < -0.4 is 5.32 Å². The van der Waals surface area contributed by atoms with Gasteiger partial charge in [-0.05, 0) is 12.8 Å². The maximum Gasteiger partial charge on any atom is 0.167 e. The average molecular weight is 295 g/mol. The molecule has 2 N–H and O–H groups in total. The predicted molar refractivity (Wildman–Crippen MR) is 88.2 cm³/mol. The molecule has 1 atom stereocenters. The zero-order valence-electron chi connectivity index (χ0n) is 13.7. The number of unbranched alkanes of at least 4 members (excludes halogenated alkanes) is 9. The molecule has 0 spiro atoms.